The monoisotopic (exact) mass is 311 g/mol. The van der Waals surface area contributed by atoms with Crippen molar-refractivity contribution in [3.05, 3.63) is 10.6 Å². The number of nitrogens with one attached hydrogen (secondary N) is 1. The van der Waals surface area contributed by atoms with Crippen molar-refractivity contribution < 1.29 is 0 Å². The quantitative estimate of drug-likeness (QED) is 0.682. The molecule has 0 fully saturated rings. The van der Waals surface area contributed by atoms with E-state index in [9.17, 15) is 0 Å². The molecule has 0 radical (unpaired) electrons. The summed E-state index contributed by atoms with van der Waals surface area (Å²) in [5.74, 6) is 1.19. The molecule has 0 atom stereocenters. The number of unbranched alkanes of at least 4 members (excludes halogenated alkanes) is 1. The number of nitrogens with zero attached hydrogens (tertiary/aromatic N) is 2. The summed E-state index contributed by atoms with van der Waals surface area (Å²) in [7, 11) is 0. The van der Waals surface area contributed by atoms with E-state index < -0.39 is 0 Å². The summed E-state index contributed by atoms with van der Waals surface area (Å²) >= 11 is 1.87. The van der Waals surface area contributed by atoms with Crippen LogP contribution in [0.5, 0.6) is 0 Å². The minimum Gasteiger partial charge on any atom is -0.348 e. The van der Waals surface area contributed by atoms with Crippen molar-refractivity contribution in [3.8, 4) is 0 Å². The Kier molecular flexibility index (Phi) is 8.27. The zero-order valence-corrected chi connectivity index (χ0v) is 15.5. The van der Waals surface area contributed by atoms with Gasteiger partial charge in [-0.3, -0.25) is 0 Å². The standard InChI is InChI=1S/C17H33N3S/c1-7-9-10-20(8-2)17-19-16(14(5)6)15(21-17)12-18-11-13(3)4/h13-14,18H,7-12H2,1-6H3. The molecule has 122 valence electrons. The Bertz CT molecular complexity index is 399. The average molecular weight is 312 g/mol. The number of aromatic nitrogens is 1. The Hall–Kier alpha value is -0.610. The number of anilines is 1. The molecule has 0 spiro atoms. The van der Waals surface area contributed by atoms with Gasteiger partial charge in [-0.15, -0.1) is 11.3 Å². The molecule has 1 aromatic heterocycles. The van der Waals surface area contributed by atoms with Gasteiger partial charge in [-0.25, -0.2) is 4.98 Å². The highest BCUT2D eigenvalue weighted by Crippen LogP contribution is 2.31. The first-order chi connectivity index (χ1) is 9.99. The van der Waals surface area contributed by atoms with Gasteiger partial charge in [0.15, 0.2) is 5.13 Å². The second-order valence-electron chi connectivity index (χ2n) is 6.42. The van der Waals surface area contributed by atoms with Gasteiger partial charge < -0.3 is 10.2 Å². The Morgan fingerprint density at radius 2 is 1.90 bits per heavy atom. The first-order valence-corrected chi connectivity index (χ1v) is 9.26. The van der Waals surface area contributed by atoms with E-state index in [0.29, 0.717) is 11.8 Å². The lowest BCUT2D eigenvalue weighted by Gasteiger charge is -2.19. The van der Waals surface area contributed by atoms with E-state index in [1.165, 1.54) is 28.5 Å². The van der Waals surface area contributed by atoms with E-state index in [1.54, 1.807) is 0 Å². The molecule has 0 aliphatic rings. The van der Waals surface area contributed by atoms with E-state index in [1.807, 2.05) is 11.3 Å². The van der Waals surface area contributed by atoms with Gasteiger partial charge in [-0.1, -0.05) is 41.0 Å². The maximum Gasteiger partial charge on any atom is 0.185 e. The summed E-state index contributed by atoms with van der Waals surface area (Å²) < 4.78 is 0. The topological polar surface area (TPSA) is 28.2 Å². The lowest BCUT2D eigenvalue weighted by Crippen LogP contribution is -2.23. The van der Waals surface area contributed by atoms with Gasteiger partial charge in [0.25, 0.3) is 0 Å². The molecule has 0 aliphatic heterocycles. The average Bonchev–Trinajstić information content (AvgIpc) is 2.83. The van der Waals surface area contributed by atoms with Gasteiger partial charge >= 0.3 is 0 Å². The molecule has 0 bridgehead atoms. The summed E-state index contributed by atoms with van der Waals surface area (Å²) in [5.41, 5.74) is 1.28. The second-order valence-corrected chi connectivity index (χ2v) is 7.48. The van der Waals surface area contributed by atoms with E-state index in [-0.39, 0.29) is 0 Å². The predicted molar refractivity (Wildman–Crippen MR) is 95.5 cm³/mol. The molecule has 1 rings (SSSR count). The Morgan fingerprint density at radius 3 is 2.43 bits per heavy atom. The lowest BCUT2D eigenvalue weighted by molar-refractivity contribution is 0.552. The first-order valence-electron chi connectivity index (χ1n) is 8.44. The maximum absolute atomic E-state index is 4.94. The number of thiazole rings is 1. The predicted octanol–water partition coefficient (Wildman–Crippen LogP) is 4.64. The highest BCUT2D eigenvalue weighted by atomic mass is 32.1. The van der Waals surface area contributed by atoms with Crippen molar-refractivity contribution in [1.82, 2.24) is 10.3 Å². The van der Waals surface area contributed by atoms with E-state index >= 15 is 0 Å². The molecule has 0 unspecified atom stereocenters. The van der Waals surface area contributed by atoms with Crippen LogP contribution in [0.4, 0.5) is 5.13 Å². The zero-order valence-electron chi connectivity index (χ0n) is 14.7. The fourth-order valence-electron chi connectivity index (χ4n) is 2.28. The summed E-state index contributed by atoms with van der Waals surface area (Å²) in [5, 5.41) is 4.77. The molecule has 4 heteroatoms. The highest BCUT2D eigenvalue weighted by Gasteiger charge is 2.17. The smallest absolute Gasteiger partial charge is 0.185 e. The van der Waals surface area contributed by atoms with Crippen LogP contribution < -0.4 is 10.2 Å². The zero-order chi connectivity index (χ0) is 15.8. The fourth-order valence-corrected chi connectivity index (χ4v) is 3.55. The van der Waals surface area contributed by atoms with Crippen LogP contribution in [0.2, 0.25) is 0 Å². The molecule has 1 N–H and O–H groups in total. The van der Waals surface area contributed by atoms with Crippen LogP contribution in [0.25, 0.3) is 0 Å². The third-order valence-electron chi connectivity index (χ3n) is 3.54. The minimum atomic E-state index is 0.496. The van der Waals surface area contributed by atoms with Gasteiger partial charge in [0.05, 0.1) is 5.69 Å². The van der Waals surface area contributed by atoms with Gasteiger partial charge in [-0.05, 0) is 31.7 Å². The van der Waals surface area contributed by atoms with Crippen LogP contribution in [-0.2, 0) is 6.54 Å². The lowest BCUT2D eigenvalue weighted by atomic mass is 10.1. The molecule has 0 aromatic carbocycles. The molecule has 0 amide bonds. The van der Waals surface area contributed by atoms with Crippen molar-refractivity contribution in [2.24, 2.45) is 5.92 Å². The highest BCUT2D eigenvalue weighted by molar-refractivity contribution is 7.15. The summed E-state index contributed by atoms with van der Waals surface area (Å²) in [6, 6.07) is 0. The summed E-state index contributed by atoms with van der Waals surface area (Å²) in [4.78, 5) is 8.77. The first kappa shape index (κ1) is 18.4. The maximum atomic E-state index is 4.94. The van der Waals surface area contributed by atoms with Gasteiger partial charge in [-0.2, -0.15) is 0 Å². The van der Waals surface area contributed by atoms with Crippen molar-refractivity contribution in [2.75, 3.05) is 24.5 Å². The molecule has 21 heavy (non-hydrogen) atoms. The second kappa shape index (κ2) is 9.42. The molecular weight excluding hydrogens is 278 g/mol. The van der Waals surface area contributed by atoms with Crippen LogP contribution >= 0.6 is 11.3 Å². The molecule has 1 aromatic rings. The van der Waals surface area contributed by atoms with Crippen molar-refractivity contribution in [1.29, 1.82) is 0 Å². The van der Waals surface area contributed by atoms with E-state index in [0.717, 1.165) is 26.2 Å². The van der Waals surface area contributed by atoms with Crippen LogP contribution in [0.15, 0.2) is 0 Å². The molecule has 0 saturated carbocycles. The van der Waals surface area contributed by atoms with Crippen molar-refractivity contribution in [3.63, 3.8) is 0 Å². The normalized spacial score (nSPS) is 11.6. The third kappa shape index (κ3) is 5.95. The summed E-state index contributed by atoms with van der Waals surface area (Å²) in [6.45, 7) is 17.6. The summed E-state index contributed by atoms with van der Waals surface area (Å²) in [6.07, 6.45) is 2.48. The Balaban J connectivity index is 2.81. The van der Waals surface area contributed by atoms with Gasteiger partial charge in [0.2, 0.25) is 0 Å². The van der Waals surface area contributed by atoms with E-state index in [2.05, 4.69) is 51.8 Å². The number of hydrogen-bond acceptors (Lipinski definition) is 4. The van der Waals surface area contributed by atoms with Crippen LogP contribution in [0.3, 0.4) is 0 Å². The van der Waals surface area contributed by atoms with Crippen LogP contribution in [0, 0.1) is 5.92 Å². The fraction of sp³-hybridized carbons (Fsp3) is 0.824. The molecule has 1 heterocycles. The Morgan fingerprint density at radius 1 is 1.19 bits per heavy atom. The number of hydrogen-bond donors (Lipinski definition) is 1. The minimum absolute atomic E-state index is 0.496. The molecule has 0 saturated heterocycles. The van der Waals surface area contributed by atoms with Gasteiger partial charge in [0.1, 0.15) is 0 Å². The van der Waals surface area contributed by atoms with Crippen LogP contribution in [0.1, 0.15) is 70.9 Å². The van der Waals surface area contributed by atoms with Crippen molar-refractivity contribution >= 4 is 16.5 Å². The van der Waals surface area contributed by atoms with E-state index in [4.69, 9.17) is 4.98 Å². The van der Waals surface area contributed by atoms with Crippen molar-refractivity contribution in [2.45, 2.75) is 66.8 Å². The largest absolute Gasteiger partial charge is 0.348 e. The molecule has 0 aliphatic carbocycles. The Labute approximate surface area is 135 Å². The van der Waals surface area contributed by atoms with Gasteiger partial charge in [0, 0.05) is 24.5 Å². The molecule has 3 nitrogen and oxygen atoms in total. The number of rotatable bonds is 10. The van der Waals surface area contributed by atoms with Crippen LogP contribution in [-0.4, -0.2) is 24.6 Å². The SMILES string of the molecule is CCCCN(CC)c1nc(C(C)C)c(CNCC(C)C)s1. The third-order valence-corrected chi connectivity index (χ3v) is 4.67. The molecular formula is C17H33N3S.